The van der Waals surface area contributed by atoms with Crippen molar-refractivity contribution >= 4 is 0 Å². The van der Waals surface area contributed by atoms with Gasteiger partial charge in [-0.1, -0.05) is 13.3 Å². The Kier molecular flexibility index (Phi) is 2.94. The van der Waals surface area contributed by atoms with Crippen molar-refractivity contribution in [1.82, 2.24) is 0 Å². The van der Waals surface area contributed by atoms with Gasteiger partial charge in [0.05, 0.1) is 0 Å². The SMILES string of the molecule is CCCCc1ccc[nH+]c1. The molecule has 10 heavy (non-hydrogen) atoms. The summed E-state index contributed by atoms with van der Waals surface area (Å²) < 4.78 is 0. The third kappa shape index (κ3) is 2.18. The van der Waals surface area contributed by atoms with Gasteiger partial charge in [-0.05, 0) is 18.9 Å². The third-order valence-corrected chi connectivity index (χ3v) is 1.59. The average molecular weight is 136 g/mol. The van der Waals surface area contributed by atoms with Crippen LogP contribution in [0, 0.1) is 0 Å². The van der Waals surface area contributed by atoms with Gasteiger partial charge in [-0.25, -0.2) is 4.98 Å². The molecule has 0 aliphatic rings. The van der Waals surface area contributed by atoms with Crippen LogP contribution in [0.2, 0.25) is 0 Å². The number of hydrogen-bond donors (Lipinski definition) is 0. The van der Waals surface area contributed by atoms with Crippen molar-refractivity contribution in [3.8, 4) is 0 Å². The van der Waals surface area contributed by atoms with Gasteiger partial charge in [0.1, 0.15) is 0 Å². The van der Waals surface area contributed by atoms with Gasteiger partial charge in [0, 0.05) is 11.6 Å². The first kappa shape index (κ1) is 7.26. The smallest absolute Gasteiger partial charge is 0.170 e. The fourth-order valence-corrected chi connectivity index (χ4v) is 0.967. The molecule has 1 aromatic heterocycles. The largest absolute Gasteiger partial charge is 0.218 e. The van der Waals surface area contributed by atoms with Crippen LogP contribution in [0.25, 0.3) is 0 Å². The summed E-state index contributed by atoms with van der Waals surface area (Å²) in [5, 5.41) is 0. The molecule has 1 aromatic rings. The summed E-state index contributed by atoms with van der Waals surface area (Å²) in [6.45, 7) is 2.21. The van der Waals surface area contributed by atoms with Gasteiger partial charge in [0.15, 0.2) is 12.4 Å². The van der Waals surface area contributed by atoms with Crippen LogP contribution in [0.1, 0.15) is 25.3 Å². The molecule has 1 heterocycles. The van der Waals surface area contributed by atoms with Gasteiger partial charge in [-0.3, -0.25) is 0 Å². The summed E-state index contributed by atoms with van der Waals surface area (Å²) >= 11 is 0. The van der Waals surface area contributed by atoms with E-state index in [1.807, 2.05) is 12.3 Å². The number of nitrogens with one attached hydrogen (secondary N) is 1. The van der Waals surface area contributed by atoms with Crippen molar-refractivity contribution in [2.24, 2.45) is 0 Å². The van der Waals surface area contributed by atoms with E-state index in [1.165, 1.54) is 24.8 Å². The monoisotopic (exact) mass is 136 g/mol. The maximum absolute atomic E-state index is 3.07. The molecule has 1 rings (SSSR count). The molecule has 1 N–H and O–H groups in total. The first-order valence-corrected chi connectivity index (χ1v) is 3.88. The summed E-state index contributed by atoms with van der Waals surface area (Å²) in [6, 6.07) is 4.21. The highest BCUT2D eigenvalue weighted by Gasteiger charge is 1.91. The van der Waals surface area contributed by atoms with Gasteiger partial charge in [0.2, 0.25) is 0 Å². The Balaban J connectivity index is 2.43. The Morgan fingerprint density at radius 1 is 1.50 bits per heavy atom. The minimum Gasteiger partial charge on any atom is -0.218 e. The molecular weight excluding hydrogens is 122 g/mol. The van der Waals surface area contributed by atoms with E-state index >= 15 is 0 Å². The van der Waals surface area contributed by atoms with E-state index in [1.54, 1.807) is 0 Å². The van der Waals surface area contributed by atoms with Crippen LogP contribution >= 0.6 is 0 Å². The van der Waals surface area contributed by atoms with E-state index < -0.39 is 0 Å². The minimum atomic E-state index is 1.20. The molecule has 0 aliphatic heterocycles. The van der Waals surface area contributed by atoms with Crippen molar-refractivity contribution < 1.29 is 4.98 Å². The fraction of sp³-hybridized carbons (Fsp3) is 0.444. The Bertz CT molecular complexity index is 169. The average Bonchev–Trinajstić information content (AvgIpc) is 2.03. The standard InChI is InChI=1S/C9H13N/c1-2-3-5-9-6-4-7-10-8-9/h4,6-8H,2-3,5H2,1H3/p+1. The second-order valence-corrected chi connectivity index (χ2v) is 2.52. The van der Waals surface area contributed by atoms with Crippen LogP contribution in [0.3, 0.4) is 0 Å². The second-order valence-electron chi connectivity index (χ2n) is 2.52. The van der Waals surface area contributed by atoms with E-state index in [0.29, 0.717) is 0 Å². The first-order chi connectivity index (χ1) is 4.93. The van der Waals surface area contributed by atoms with E-state index in [2.05, 4.69) is 24.2 Å². The number of pyridine rings is 1. The molecule has 0 bridgehead atoms. The Hall–Kier alpha value is -0.850. The van der Waals surface area contributed by atoms with Crippen molar-refractivity contribution in [2.75, 3.05) is 0 Å². The molecule has 0 saturated heterocycles. The normalized spacial score (nSPS) is 9.70. The van der Waals surface area contributed by atoms with Crippen LogP contribution in [0.4, 0.5) is 0 Å². The number of unbranched alkanes of at least 4 members (excludes halogenated alkanes) is 1. The molecular formula is C9H14N+. The Morgan fingerprint density at radius 3 is 3.00 bits per heavy atom. The van der Waals surface area contributed by atoms with Gasteiger partial charge in [-0.15, -0.1) is 0 Å². The molecule has 0 aromatic carbocycles. The number of H-pyrrole nitrogens is 1. The van der Waals surface area contributed by atoms with Crippen LogP contribution in [0.5, 0.6) is 0 Å². The lowest BCUT2D eigenvalue weighted by atomic mass is 10.1. The highest BCUT2D eigenvalue weighted by molar-refractivity contribution is 5.04. The number of rotatable bonds is 3. The summed E-state index contributed by atoms with van der Waals surface area (Å²) in [5.74, 6) is 0. The zero-order valence-corrected chi connectivity index (χ0v) is 6.43. The lowest BCUT2D eigenvalue weighted by Gasteiger charge is -1.92. The molecule has 0 saturated carbocycles. The highest BCUT2D eigenvalue weighted by Crippen LogP contribution is 1.99. The molecule has 0 radical (unpaired) electrons. The number of hydrogen-bond acceptors (Lipinski definition) is 0. The van der Waals surface area contributed by atoms with E-state index in [9.17, 15) is 0 Å². The van der Waals surface area contributed by atoms with Gasteiger partial charge < -0.3 is 0 Å². The maximum atomic E-state index is 3.07. The zero-order valence-electron chi connectivity index (χ0n) is 6.43. The number of aryl methyl sites for hydroxylation is 1. The molecule has 0 unspecified atom stereocenters. The first-order valence-electron chi connectivity index (χ1n) is 3.88. The molecule has 54 valence electrons. The predicted molar refractivity (Wildman–Crippen MR) is 41.6 cm³/mol. The molecule has 1 heteroatoms. The van der Waals surface area contributed by atoms with E-state index in [0.717, 1.165) is 0 Å². The quantitative estimate of drug-likeness (QED) is 0.602. The van der Waals surface area contributed by atoms with Crippen molar-refractivity contribution in [1.29, 1.82) is 0 Å². The van der Waals surface area contributed by atoms with Crippen molar-refractivity contribution in [2.45, 2.75) is 26.2 Å². The second kappa shape index (κ2) is 4.04. The number of aromatic nitrogens is 1. The molecule has 0 atom stereocenters. The fourth-order valence-electron chi connectivity index (χ4n) is 0.967. The van der Waals surface area contributed by atoms with Crippen LogP contribution < -0.4 is 4.98 Å². The van der Waals surface area contributed by atoms with Crippen LogP contribution in [0.15, 0.2) is 24.5 Å². The summed E-state index contributed by atoms with van der Waals surface area (Å²) in [7, 11) is 0. The summed E-state index contributed by atoms with van der Waals surface area (Å²) in [4.78, 5) is 3.07. The molecule has 0 amide bonds. The highest BCUT2D eigenvalue weighted by atomic mass is 14.6. The lowest BCUT2D eigenvalue weighted by molar-refractivity contribution is -0.378. The molecule has 0 aliphatic carbocycles. The van der Waals surface area contributed by atoms with Crippen LogP contribution in [-0.2, 0) is 6.42 Å². The zero-order chi connectivity index (χ0) is 7.23. The Labute approximate surface area is 62.1 Å². The number of aromatic amines is 1. The lowest BCUT2D eigenvalue weighted by Crippen LogP contribution is -2.00. The summed E-state index contributed by atoms with van der Waals surface area (Å²) in [6.07, 6.45) is 7.77. The maximum Gasteiger partial charge on any atom is 0.170 e. The molecule has 1 nitrogen and oxygen atoms in total. The van der Waals surface area contributed by atoms with E-state index in [4.69, 9.17) is 0 Å². The topological polar surface area (TPSA) is 14.1 Å². The van der Waals surface area contributed by atoms with Gasteiger partial charge in [0.25, 0.3) is 0 Å². The third-order valence-electron chi connectivity index (χ3n) is 1.59. The van der Waals surface area contributed by atoms with E-state index in [-0.39, 0.29) is 0 Å². The van der Waals surface area contributed by atoms with Crippen molar-refractivity contribution in [3.05, 3.63) is 30.1 Å². The van der Waals surface area contributed by atoms with Crippen molar-refractivity contribution in [3.63, 3.8) is 0 Å². The minimum absolute atomic E-state index is 1.20. The van der Waals surface area contributed by atoms with Crippen LogP contribution in [-0.4, -0.2) is 0 Å². The summed E-state index contributed by atoms with van der Waals surface area (Å²) in [5.41, 5.74) is 1.41. The van der Waals surface area contributed by atoms with Gasteiger partial charge >= 0.3 is 0 Å². The molecule has 0 spiro atoms. The molecule has 0 fully saturated rings. The Morgan fingerprint density at radius 2 is 2.40 bits per heavy atom. The van der Waals surface area contributed by atoms with Gasteiger partial charge in [-0.2, -0.15) is 0 Å². The predicted octanol–water partition coefficient (Wildman–Crippen LogP) is 1.84.